The lowest BCUT2D eigenvalue weighted by Gasteiger charge is -2.41. The first kappa shape index (κ1) is 40.1. The molecule has 11 heteroatoms. The summed E-state index contributed by atoms with van der Waals surface area (Å²) < 4.78 is 6.13. The molecule has 1 rings (SSSR count). The smallest absolute Gasteiger partial charge is 0.246 e. The van der Waals surface area contributed by atoms with Crippen LogP contribution < -0.4 is 10.6 Å². The van der Waals surface area contributed by atoms with Crippen molar-refractivity contribution in [2.45, 2.75) is 118 Å². The van der Waals surface area contributed by atoms with Gasteiger partial charge in [-0.3, -0.25) is 24.0 Å². The summed E-state index contributed by atoms with van der Waals surface area (Å²) >= 11 is 0. The third-order valence-electron chi connectivity index (χ3n) is 8.68. The van der Waals surface area contributed by atoms with Crippen LogP contribution in [0.3, 0.4) is 0 Å². The van der Waals surface area contributed by atoms with Crippen molar-refractivity contribution in [2.24, 2.45) is 23.7 Å². The monoisotopic (exact) mass is 635 g/mol. The average molecular weight is 636 g/mol. The second-order valence-electron chi connectivity index (χ2n) is 13.7. The van der Waals surface area contributed by atoms with E-state index in [2.05, 4.69) is 24.5 Å². The highest BCUT2D eigenvalue weighted by Crippen LogP contribution is 2.26. The van der Waals surface area contributed by atoms with Crippen molar-refractivity contribution >= 4 is 29.5 Å². The van der Waals surface area contributed by atoms with Gasteiger partial charge in [0.25, 0.3) is 0 Å². The average Bonchev–Trinajstić information content (AvgIpc) is 3.19. The van der Waals surface area contributed by atoms with Gasteiger partial charge in [-0.15, -0.1) is 0 Å². The summed E-state index contributed by atoms with van der Waals surface area (Å²) in [5.41, 5.74) is 0. The number of likely N-dealkylation sites (N-methyl/N-ethyl adjacent to an activating group) is 4. The van der Waals surface area contributed by atoms with E-state index in [1.165, 1.54) is 21.7 Å². The number of ether oxygens (including phenoxy) is 1. The second-order valence-corrected chi connectivity index (χ2v) is 13.7. The third kappa shape index (κ3) is 11.4. The van der Waals surface area contributed by atoms with Gasteiger partial charge >= 0.3 is 0 Å². The van der Waals surface area contributed by atoms with Gasteiger partial charge < -0.3 is 30.1 Å². The van der Waals surface area contributed by atoms with Crippen molar-refractivity contribution in [2.75, 3.05) is 34.8 Å². The van der Waals surface area contributed by atoms with Crippen molar-refractivity contribution in [3.05, 3.63) is 12.2 Å². The molecule has 1 heterocycles. The Morgan fingerprint density at radius 2 is 1.49 bits per heavy atom. The molecule has 0 fully saturated rings. The first-order valence-electron chi connectivity index (χ1n) is 16.6. The summed E-state index contributed by atoms with van der Waals surface area (Å²) in [6, 6.07) is -3.48. The van der Waals surface area contributed by atoms with Gasteiger partial charge in [-0.05, 0) is 49.4 Å². The first-order valence-corrected chi connectivity index (χ1v) is 16.6. The largest absolute Gasteiger partial charge is 0.371 e. The Hall–Kier alpha value is -2.95. The van der Waals surface area contributed by atoms with Crippen LogP contribution in [-0.4, -0.2) is 109 Å². The molecule has 0 radical (unpaired) electrons. The van der Waals surface area contributed by atoms with E-state index in [9.17, 15) is 24.0 Å². The number of rotatable bonds is 16. The molecule has 0 bridgehead atoms. The highest BCUT2D eigenvalue weighted by atomic mass is 16.5. The number of nitrogens with zero attached hydrogens (tertiary/aromatic N) is 3. The van der Waals surface area contributed by atoms with E-state index in [1.807, 2.05) is 46.8 Å². The lowest BCUT2D eigenvalue weighted by atomic mass is 9.91. The molecule has 0 unspecified atom stereocenters. The summed E-state index contributed by atoms with van der Waals surface area (Å²) in [6.45, 7) is 15.9. The SMILES string of the molecule is CC[C@H](NC(=O)[C@H]([C@@H]1OCC=CC[C@H]1C)N(C)C(=O)[C@H](C(C)C)N(C)C(=O)[C@H](CC(C)C)N(C)C(=O)CCC(C)C)C(=O)NC. The van der Waals surface area contributed by atoms with E-state index in [1.54, 1.807) is 28.1 Å². The Morgan fingerprint density at radius 3 is 2.00 bits per heavy atom. The van der Waals surface area contributed by atoms with Crippen LogP contribution in [0.4, 0.5) is 0 Å². The standard InChI is InChI=1S/C34H61N5O6/c1-13-25(31(41)35-9)36-32(42)29(30-24(8)16-14-15-19-45-30)39(12)34(44)28(23(6)7)38(11)33(43)26(20-22(4)5)37(10)27(40)18-17-21(2)3/h14-15,21-26,28-30H,13,16-20H2,1-12H3,(H,35,41)(H,36,42)/t24-,25+,26+,28+,29+,30-/m1/s1. The molecule has 2 N–H and O–H groups in total. The van der Waals surface area contributed by atoms with Crippen molar-refractivity contribution in [1.82, 2.24) is 25.3 Å². The highest BCUT2D eigenvalue weighted by molar-refractivity contribution is 5.95. The molecule has 258 valence electrons. The molecule has 11 nitrogen and oxygen atoms in total. The molecule has 0 aromatic heterocycles. The van der Waals surface area contributed by atoms with E-state index in [-0.39, 0.29) is 42.1 Å². The molecule has 0 saturated heterocycles. The summed E-state index contributed by atoms with van der Waals surface area (Å²) in [5, 5.41) is 5.41. The number of hydrogen-bond donors (Lipinski definition) is 2. The quantitative estimate of drug-likeness (QED) is 0.251. The summed E-state index contributed by atoms with van der Waals surface area (Å²) in [6.07, 6.45) is 5.78. The Morgan fingerprint density at radius 1 is 0.867 bits per heavy atom. The second kappa shape index (κ2) is 18.9. The van der Waals surface area contributed by atoms with Gasteiger partial charge in [-0.1, -0.05) is 67.5 Å². The summed E-state index contributed by atoms with van der Waals surface area (Å²) in [4.78, 5) is 72.4. The number of allylic oxidation sites excluding steroid dienone is 1. The molecule has 45 heavy (non-hydrogen) atoms. The van der Waals surface area contributed by atoms with Gasteiger partial charge in [-0.25, -0.2) is 0 Å². The number of amides is 5. The molecule has 0 spiro atoms. The van der Waals surface area contributed by atoms with Crippen LogP contribution >= 0.6 is 0 Å². The van der Waals surface area contributed by atoms with E-state index >= 15 is 0 Å². The number of carbonyl (C=O) groups excluding carboxylic acids is 5. The number of carbonyl (C=O) groups is 5. The van der Waals surface area contributed by atoms with Crippen LogP contribution in [0, 0.1) is 23.7 Å². The molecule has 1 aliphatic heterocycles. The predicted molar refractivity (Wildman–Crippen MR) is 177 cm³/mol. The fraction of sp³-hybridized carbons (Fsp3) is 0.794. The van der Waals surface area contributed by atoms with Gasteiger partial charge in [0.15, 0.2) is 0 Å². The van der Waals surface area contributed by atoms with Crippen LogP contribution in [-0.2, 0) is 28.7 Å². The summed E-state index contributed by atoms with van der Waals surface area (Å²) in [7, 11) is 6.33. The van der Waals surface area contributed by atoms with Gasteiger partial charge in [0, 0.05) is 34.6 Å². The normalized spacial score (nSPS) is 19.4. The Labute approximate surface area is 271 Å². The maximum Gasteiger partial charge on any atom is 0.246 e. The Kier molecular flexibility index (Phi) is 16.8. The minimum Gasteiger partial charge on any atom is -0.371 e. The lowest BCUT2D eigenvalue weighted by Crippen LogP contribution is -2.63. The minimum atomic E-state index is -1.05. The van der Waals surface area contributed by atoms with Gasteiger partial charge in [-0.2, -0.15) is 0 Å². The van der Waals surface area contributed by atoms with Crippen LogP contribution in [0.1, 0.15) is 87.5 Å². The topological polar surface area (TPSA) is 128 Å². The van der Waals surface area contributed by atoms with Gasteiger partial charge in [0.1, 0.15) is 24.2 Å². The zero-order valence-electron chi connectivity index (χ0n) is 29.9. The molecule has 6 atom stereocenters. The third-order valence-corrected chi connectivity index (χ3v) is 8.68. The maximum absolute atomic E-state index is 14.4. The van der Waals surface area contributed by atoms with E-state index < -0.39 is 42.1 Å². The molecule has 0 aromatic carbocycles. The van der Waals surface area contributed by atoms with Crippen molar-refractivity contribution in [3.8, 4) is 0 Å². The van der Waals surface area contributed by atoms with Crippen LogP contribution in [0.15, 0.2) is 12.2 Å². The molecule has 0 aliphatic carbocycles. The Balaban J connectivity index is 3.48. The predicted octanol–water partition coefficient (Wildman–Crippen LogP) is 3.23. The van der Waals surface area contributed by atoms with Crippen LogP contribution in [0.25, 0.3) is 0 Å². The van der Waals surface area contributed by atoms with Gasteiger partial charge in [0.05, 0.1) is 12.7 Å². The van der Waals surface area contributed by atoms with Crippen molar-refractivity contribution < 1.29 is 28.7 Å². The highest BCUT2D eigenvalue weighted by Gasteiger charge is 2.44. The molecule has 5 amide bonds. The molecule has 1 aliphatic rings. The zero-order valence-corrected chi connectivity index (χ0v) is 29.9. The summed E-state index contributed by atoms with van der Waals surface area (Å²) in [5.74, 6) is -1.59. The van der Waals surface area contributed by atoms with Gasteiger partial charge in [0.2, 0.25) is 29.5 Å². The fourth-order valence-corrected chi connectivity index (χ4v) is 5.83. The number of hydrogen-bond acceptors (Lipinski definition) is 6. The fourth-order valence-electron chi connectivity index (χ4n) is 5.83. The van der Waals surface area contributed by atoms with Crippen LogP contribution in [0.5, 0.6) is 0 Å². The minimum absolute atomic E-state index is 0.104. The Bertz CT molecular complexity index is 1030. The maximum atomic E-state index is 14.4. The molecule has 0 aromatic rings. The lowest BCUT2D eigenvalue weighted by molar-refractivity contribution is -0.157. The van der Waals surface area contributed by atoms with E-state index in [0.717, 1.165) is 6.42 Å². The zero-order chi connectivity index (χ0) is 34.6. The van der Waals surface area contributed by atoms with E-state index in [4.69, 9.17) is 4.74 Å². The van der Waals surface area contributed by atoms with Crippen LogP contribution in [0.2, 0.25) is 0 Å². The van der Waals surface area contributed by atoms with Crippen molar-refractivity contribution in [3.63, 3.8) is 0 Å². The molecular formula is C34H61N5O6. The first-order chi connectivity index (χ1) is 21.0. The molecular weight excluding hydrogens is 574 g/mol. The molecule has 0 saturated carbocycles. The van der Waals surface area contributed by atoms with E-state index in [0.29, 0.717) is 31.6 Å². The van der Waals surface area contributed by atoms with Crippen molar-refractivity contribution in [1.29, 1.82) is 0 Å². The number of nitrogens with one attached hydrogen (secondary N) is 2.